The molecule has 4 aromatic rings. The Morgan fingerprint density at radius 2 is 1.53 bits per heavy atom. The molecule has 3 heteroatoms. The standard InChI is InChI=1S/C16H13N3/c1-18-13-9-5-6-10-14(13)19-11-17-15(16(18)19)12-7-3-2-4-8-12/h2-11H,1H3. The number of imidazole rings is 2. The number of aryl methyl sites for hydroxylation is 1. The van der Waals surface area contributed by atoms with Gasteiger partial charge < -0.3 is 4.57 Å². The average Bonchev–Trinajstić information content (AvgIpc) is 3.02. The molecule has 0 bridgehead atoms. The second kappa shape index (κ2) is 3.72. The van der Waals surface area contributed by atoms with Crippen molar-refractivity contribution >= 4 is 16.7 Å². The van der Waals surface area contributed by atoms with E-state index < -0.39 is 0 Å². The van der Waals surface area contributed by atoms with Crippen molar-refractivity contribution in [1.29, 1.82) is 0 Å². The number of para-hydroxylation sites is 2. The highest BCUT2D eigenvalue weighted by atomic mass is 15.2. The summed E-state index contributed by atoms with van der Waals surface area (Å²) in [4.78, 5) is 4.58. The van der Waals surface area contributed by atoms with Crippen LogP contribution in [0.5, 0.6) is 0 Å². The average molecular weight is 247 g/mol. The molecule has 0 aliphatic rings. The highest BCUT2D eigenvalue weighted by molar-refractivity contribution is 5.87. The second-order valence-corrected chi connectivity index (χ2v) is 4.70. The third-order valence-electron chi connectivity index (χ3n) is 3.61. The number of hydrogen-bond donors (Lipinski definition) is 0. The lowest BCUT2D eigenvalue weighted by Crippen LogP contribution is -1.89. The molecular weight excluding hydrogens is 234 g/mol. The Hall–Kier alpha value is -2.55. The molecule has 0 aliphatic heterocycles. The van der Waals surface area contributed by atoms with Crippen LogP contribution in [0.2, 0.25) is 0 Å². The van der Waals surface area contributed by atoms with Gasteiger partial charge in [0.25, 0.3) is 0 Å². The third kappa shape index (κ3) is 1.35. The van der Waals surface area contributed by atoms with Gasteiger partial charge >= 0.3 is 0 Å². The van der Waals surface area contributed by atoms with E-state index in [9.17, 15) is 0 Å². The van der Waals surface area contributed by atoms with Crippen LogP contribution in [0, 0.1) is 0 Å². The fourth-order valence-corrected chi connectivity index (χ4v) is 2.70. The van der Waals surface area contributed by atoms with Crippen LogP contribution in [-0.2, 0) is 7.05 Å². The summed E-state index contributed by atoms with van der Waals surface area (Å²) in [6.07, 6.45) is 1.90. The Balaban J connectivity index is 2.15. The monoisotopic (exact) mass is 247 g/mol. The van der Waals surface area contributed by atoms with E-state index in [-0.39, 0.29) is 0 Å². The van der Waals surface area contributed by atoms with Crippen LogP contribution in [0.3, 0.4) is 0 Å². The summed E-state index contributed by atoms with van der Waals surface area (Å²) in [6.45, 7) is 0. The van der Waals surface area contributed by atoms with E-state index in [1.54, 1.807) is 0 Å². The minimum absolute atomic E-state index is 1.03. The Labute approximate surface area is 110 Å². The van der Waals surface area contributed by atoms with E-state index in [0.717, 1.165) is 16.9 Å². The summed E-state index contributed by atoms with van der Waals surface area (Å²) in [6, 6.07) is 18.7. The van der Waals surface area contributed by atoms with Crippen LogP contribution in [0.4, 0.5) is 0 Å². The number of fused-ring (bicyclic) bond motifs is 3. The SMILES string of the molecule is Cn1c2ccccc2n2cnc(-c3ccccc3)c12. The van der Waals surface area contributed by atoms with Crippen LogP contribution >= 0.6 is 0 Å². The minimum Gasteiger partial charge on any atom is -0.327 e. The molecule has 0 N–H and O–H groups in total. The van der Waals surface area contributed by atoms with Gasteiger partial charge in [-0.05, 0) is 12.1 Å². The topological polar surface area (TPSA) is 22.2 Å². The Morgan fingerprint density at radius 1 is 0.842 bits per heavy atom. The van der Waals surface area contributed by atoms with Crippen molar-refractivity contribution in [1.82, 2.24) is 14.0 Å². The predicted octanol–water partition coefficient (Wildman–Crippen LogP) is 3.49. The summed E-state index contributed by atoms with van der Waals surface area (Å²) in [5, 5.41) is 0. The maximum absolute atomic E-state index is 4.58. The van der Waals surface area contributed by atoms with E-state index in [4.69, 9.17) is 0 Å². The third-order valence-corrected chi connectivity index (χ3v) is 3.61. The summed E-state index contributed by atoms with van der Waals surface area (Å²) >= 11 is 0. The molecule has 0 unspecified atom stereocenters. The number of nitrogens with zero attached hydrogens (tertiary/aromatic N) is 3. The fourth-order valence-electron chi connectivity index (χ4n) is 2.70. The normalized spacial score (nSPS) is 11.4. The molecule has 0 spiro atoms. The van der Waals surface area contributed by atoms with Gasteiger partial charge in [0, 0.05) is 12.6 Å². The smallest absolute Gasteiger partial charge is 0.145 e. The molecule has 0 aliphatic carbocycles. The number of hydrogen-bond acceptors (Lipinski definition) is 1. The van der Waals surface area contributed by atoms with Crippen LogP contribution in [-0.4, -0.2) is 14.0 Å². The van der Waals surface area contributed by atoms with Gasteiger partial charge in [-0.1, -0.05) is 42.5 Å². The van der Waals surface area contributed by atoms with Crippen molar-refractivity contribution in [2.24, 2.45) is 7.05 Å². The highest BCUT2D eigenvalue weighted by Crippen LogP contribution is 2.27. The molecule has 0 saturated carbocycles. The largest absolute Gasteiger partial charge is 0.327 e. The lowest BCUT2D eigenvalue weighted by molar-refractivity contribution is 0.994. The number of aromatic nitrogens is 3. The fraction of sp³-hybridized carbons (Fsp3) is 0.0625. The first-order chi connectivity index (χ1) is 9.36. The molecule has 3 nitrogen and oxygen atoms in total. The molecule has 0 fully saturated rings. The molecule has 0 saturated heterocycles. The van der Waals surface area contributed by atoms with Gasteiger partial charge in [0.05, 0.1) is 11.0 Å². The van der Waals surface area contributed by atoms with E-state index in [1.807, 2.05) is 24.5 Å². The number of rotatable bonds is 1. The van der Waals surface area contributed by atoms with Crippen LogP contribution in [0.25, 0.3) is 27.9 Å². The van der Waals surface area contributed by atoms with Crippen molar-refractivity contribution < 1.29 is 0 Å². The van der Waals surface area contributed by atoms with Gasteiger partial charge in [-0.3, -0.25) is 4.40 Å². The van der Waals surface area contributed by atoms with E-state index in [0.29, 0.717) is 0 Å². The van der Waals surface area contributed by atoms with Gasteiger partial charge in [-0.25, -0.2) is 4.98 Å². The first kappa shape index (κ1) is 10.4. The number of benzene rings is 2. The van der Waals surface area contributed by atoms with Crippen molar-refractivity contribution in [3.8, 4) is 11.3 Å². The first-order valence-corrected chi connectivity index (χ1v) is 6.32. The zero-order chi connectivity index (χ0) is 12.8. The highest BCUT2D eigenvalue weighted by Gasteiger charge is 2.14. The Morgan fingerprint density at radius 3 is 2.32 bits per heavy atom. The molecule has 2 aromatic heterocycles. The summed E-state index contributed by atoms with van der Waals surface area (Å²) in [5.41, 5.74) is 5.72. The molecule has 0 atom stereocenters. The van der Waals surface area contributed by atoms with Crippen molar-refractivity contribution in [2.45, 2.75) is 0 Å². The van der Waals surface area contributed by atoms with Crippen molar-refractivity contribution in [3.63, 3.8) is 0 Å². The molecule has 0 radical (unpaired) electrons. The van der Waals surface area contributed by atoms with Crippen molar-refractivity contribution in [2.75, 3.05) is 0 Å². The molecular formula is C16H13N3. The molecule has 2 aromatic carbocycles. The van der Waals surface area contributed by atoms with Gasteiger partial charge in [0.2, 0.25) is 0 Å². The van der Waals surface area contributed by atoms with Gasteiger partial charge in [-0.15, -0.1) is 0 Å². The van der Waals surface area contributed by atoms with Crippen molar-refractivity contribution in [3.05, 3.63) is 60.9 Å². The molecule has 2 heterocycles. The minimum atomic E-state index is 1.03. The molecule has 92 valence electrons. The van der Waals surface area contributed by atoms with E-state index in [2.05, 4.69) is 57.4 Å². The van der Waals surface area contributed by atoms with Crippen LogP contribution in [0.15, 0.2) is 60.9 Å². The van der Waals surface area contributed by atoms with E-state index >= 15 is 0 Å². The zero-order valence-corrected chi connectivity index (χ0v) is 10.6. The van der Waals surface area contributed by atoms with Gasteiger partial charge in [0.15, 0.2) is 0 Å². The second-order valence-electron chi connectivity index (χ2n) is 4.70. The lowest BCUT2D eigenvalue weighted by atomic mass is 10.2. The first-order valence-electron chi connectivity index (χ1n) is 6.32. The lowest BCUT2D eigenvalue weighted by Gasteiger charge is -1.99. The van der Waals surface area contributed by atoms with Gasteiger partial charge in [-0.2, -0.15) is 0 Å². The quantitative estimate of drug-likeness (QED) is 0.504. The summed E-state index contributed by atoms with van der Waals surface area (Å²) in [5.74, 6) is 0. The maximum atomic E-state index is 4.58. The molecule has 4 rings (SSSR count). The summed E-state index contributed by atoms with van der Waals surface area (Å²) < 4.78 is 4.35. The van der Waals surface area contributed by atoms with Crippen LogP contribution < -0.4 is 0 Å². The summed E-state index contributed by atoms with van der Waals surface area (Å²) in [7, 11) is 2.09. The maximum Gasteiger partial charge on any atom is 0.145 e. The predicted molar refractivity (Wildman–Crippen MR) is 77.1 cm³/mol. The molecule has 0 amide bonds. The molecule has 19 heavy (non-hydrogen) atoms. The Bertz CT molecular complexity index is 869. The van der Waals surface area contributed by atoms with E-state index in [1.165, 1.54) is 11.0 Å². The van der Waals surface area contributed by atoms with Crippen LogP contribution in [0.1, 0.15) is 0 Å². The van der Waals surface area contributed by atoms with Gasteiger partial charge in [0.1, 0.15) is 17.7 Å². The Kier molecular flexibility index (Phi) is 2.03. The zero-order valence-electron chi connectivity index (χ0n) is 10.6.